The quantitative estimate of drug-likeness (QED) is 0.731. The predicted octanol–water partition coefficient (Wildman–Crippen LogP) is 3.73. The fourth-order valence-corrected chi connectivity index (χ4v) is 1.87. The molecule has 1 heteroatoms. The number of rotatable bonds is 2. The average Bonchev–Trinajstić information content (AvgIpc) is 2.30. The van der Waals surface area contributed by atoms with Gasteiger partial charge in [-0.1, -0.05) is 42.5 Å². The molecule has 0 aliphatic carbocycles. The Morgan fingerprint density at radius 1 is 0.875 bits per heavy atom. The van der Waals surface area contributed by atoms with Crippen molar-refractivity contribution in [2.24, 2.45) is 0 Å². The Morgan fingerprint density at radius 2 is 1.56 bits per heavy atom. The van der Waals surface area contributed by atoms with E-state index in [-0.39, 0.29) is 0 Å². The van der Waals surface area contributed by atoms with Crippen molar-refractivity contribution in [2.75, 3.05) is 19.0 Å². The Morgan fingerprint density at radius 3 is 2.19 bits per heavy atom. The molecule has 82 valence electrons. The first kappa shape index (κ1) is 10.7. The van der Waals surface area contributed by atoms with Gasteiger partial charge in [0.1, 0.15) is 0 Å². The maximum atomic E-state index is 2.22. The Labute approximate surface area is 97.3 Å². The summed E-state index contributed by atoms with van der Waals surface area (Å²) < 4.78 is 0. The SMILES string of the molecule is Cc1ccc(-c2ccccc2)c(N(C)C)c1. The third-order valence-corrected chi connectivity index (χ3v) is 2.72. The van der Waals surface area contributed by atoms with Gasteiger partial charge in [0.05, 0.1) is 0 Å². The zero-order valence-electron chi connectivity index (χ0n) is 10.1. The van der Waals surface area contributed by atoms with E-state index in [1.807, 2.05) is 6.07 Å². The Hall–Kier alpha value is -1.76. The molecule has 0 radical (unpaired) electrons. The van der Waals surface area contributed by atoms with Gasteiger partial charge < -0.3 is 4.90 Å². The van der Waals surface area contributed by atoms with Crippen LogP contribution in [-0.2, 0) is 0 Å². The molecule has 2 aromatic carbocycles. The van der Waals surface area contributed by atoms with E-state index in [9.17, 15) is 0 Å². The molecule has 0 N–H and O–H groups in total. The lowest BCUT2D eigenvalue weighted by Gasteiger charge is -2.18. The summed E-state index contributed by atoms with van der Waals surface area (Å²) in [6, 6.07) is 17.1. The van der Waals surface area contributed by atoms with Crippen molar-refractivity contribution in [1.29, 1.82) is 0 Å². The van der Waals surface area contributed by atoms with E-state index in [0.717, 1.165) is 0 Å². The predicted molar refractivity (Wildman–Crippen MR) is 70.9 cm³/mol. The van der Waals surface area contributed by atoms with Gasteiger partial charge in [-0.3, -0.25) is 0 Å². The highest BCUT2D eigenvalue weighted by molar-refractivity contribution is 5.78. The summed E-state index contributed by atoms with van der Waals surface area (Å²) in [5, 5.41) is 0. The van der Waals surface area contributed by atoms with Crippen molar-refractivity contribution in [3.05, 3.63) is 54.1 Å². The number of hydrogen-bond acceptors (Lipinski definition) is 1. The molecule has 0 unspecified atom stereocenters. The van der Waals surface area contributed by atoms with Gasteiger partial charge in [0.25, 0.3) is 0 Å². The first-order valence-electron chi connectivity index (χ1n) is 5.52. The van der Waals surface area contributed by atoms with Crippen molar-refractivity contribution >= 4 is 5.69 Å². The van der Waals surface area contributed by atoms with Crippen LogP contribution in [0.1, 0.15) is 5.56 Å². The molecule has 0 aromatic heterocycles. The van der Waals surface area contributed by atoms with E-state index in [1.165, 1.54) is 22.4 Å². The molecule has 0 aliphatic rings. The normalized spacial score (nSPS) is 10.2. The Bertz CT molecular complexity index is 472. The minimum absolute atomic E-state index is 1.27. The molecule has 0 amide bonds. The van der Waals surface area contributed by atoms with Gasteiger partial charge in [0.2, 0.25) is 0 Å². The Balaban J connectivity index is 2.57. The van der Waals surface area contributed by atoms with Gasteiger partial charge >= 0.3 is 0 Å². The van der Waals surface area contributed by atoms with E-state index in [2.05, 4.69) is 68.4 Å². The molecule has 0 saturated heterocycles. The lowest BCUT2D eigenvalue weighted by molar-refractivity contribution is 1.13. The van der Waals surface area contributed by atoms with Crippen LogP contribution in [0.15, 0.2) is 48.5 Å². The maximum absolute atomic E-state index is 2.22. The van der Waals surface area contributed by atoms with Crippen LogP contribution < -0.4 is 4.90 Å². The van der Waals surface area contributed by atoms with E-state index in [4.69, 9.17) is 0 Å². The van der Waals surface area contributed by atoms with Gasteiger partial charge in [-0.15, -0.1) is 0 Å². The summed E-state index contributed by atoms with van der Waals surface area (Å²) in [7, 11) is 4.17. The fourth-order valence-electron chi connectivity index (χ4n) is 1.87. The van der Waals surface area contributed by atoms with Crippen LogP contribution in [0.3, 0.4) is 0 Å². The third-order valence-electron chi connectivity index (χ3n) is 2.72. The zero-order chi connectivity index (χ0) is 11.5. The summed E-state index contributed by atoms with van der Waals surface area (Å²) in [5.41, 5.74) is 5.12. The van der Waals surface area contributed by atoms with Crippen LogP contribution in [0.2, 0.25) is 0 Å². The molecular weight excluding hydrogens is 194 g/mol. The van der Waals surface area contributed by atoms with E-state index >= 15 is 0 Å². The molecule has 0 saturated carbocycles. The second kappa shape index (κ2) is 4.40. The number of anilines is 1. The molecule has 16 heavy (non-hydrogen) atoms. The third kappa shape index (κ3) is 2.08. The molecule has 2 rings (SSSR count). The molecular formula is C15H17N. The number of nitrogens with zero attached hydrogens (tertiary/aromatic N) is 1. The monoisotopic (exact) mass is 211 g/mol. The van der Waals surface area contributed by atoms with Crippen molar-refractivity contribution in [3.8, 4) is 11.1 Å². The first-order valence-corrected chi connectivity index (χ1v) is 5.52. The molecule has 0 bridgehead atoms. The standard InChI is InChI=1S/C15H17N/c1-12-9-10-14(15(11-12)16(2)3)13-7-5-4-6-8-13/h4-11H,1-3H3. The second-order valence-corrected chi connectivity index (χ2v) is 4.28. The lowest BCUT2D eigenvalue weighted by atomic mass is 10.0. The Kier molecular flexibility index (Phi) is 2.95. The van der Waals surface area contributed by atoms with Crippen LogP contribution in [0.25, 0.3) is 11.1 Å². The van der Waals surface area contributed by atoms with Gasteiger partial charge in [-0.2, -0.15) is 0 Å². The summed E-state index contributed by atoms with van der Waals surface area (Å²) >= 11 is 0. The molecule has 2 aromatic rings. The molecule has 0 aliphatic heterocycles. The van der Waals surface area contributed by atoms with Gasteiger partial charge in [0, 0.05) is 25.3 Å². The summed E-state index contributed by atoms with van der Waals surface area (Å²) in [6.07, 6.45) is 0. The highest BCUT2D eigenvalue weighted by atomic mass is 15.1. The van der Waals surface area contributed by atoms with Crippen LogP contribution >= 0.6 is 0 Å². The highest BCUT2D eigenvalue weighted by Crippen LogP contribution is 2.30. The molecule has 0 atom stereocenters. The molecule has 0 fully saturated rings. The average molecular weight is 211 g/mol. The van der Waals surface area contributed by atoms with Crippen molar-refractivity contribution < 1.29 is 0 Å². The summed E-state index contributed by atoms with van der Waals surface area (Å²) in [5.74, 6) is 0. The minimum Gasteiger partial charge on any atom is -0.377 e. The number of hydrogen-bond donors (Lipinski definition) is 0. The van der Waals surface area contributed by atoms with Crippen LogP contribution in [0.4, 0.5) is 5.69 Å². The summed E-state index contributed by atoms with van der Waals surface area (Å²) in [6.45, 7) is 2.13. The van der Waals surface area contributed by atoms with Gasteiger partial charge in [-0.25, -0.2) is 0 Å². The first-order chi connectivity index (χ1) is 7.68. The largest absolute Gasteiger partial charge is 0.377 e. The fraction of sp³-hybridized carbons (Fsp3) is 0.200. The van der Waals surface area contributed by atoms with Crippen molar-refractivity contribution in [2.45, 2.75) is 6.92 Å². The van der Waals surface area contributed by atoms with E-state index in [0.29, 0.717) is 0 Å². The van der Waals surface area contributed by atoms with Crippen molar-refractivity contribution in [1.82, 2.24) is 0 Å². The van der Waals surface area contributed by atoms with Gasteiger partial charge in [0.15, 0.2) is 0 Å². The van der Waals surface area contributed by atoms with Crippen LogP contribution in [0, 0.1) is 6.92 Å². The minimum atomic E-state index is 1.27. The number of benzene rings is 2. The lowest BCUT2D eigenvalue weighted by Crippen LogP contribution is -2.10. The summed E-state index contributed by atoms with van der Waals surface area (Å²) in [4.78, 5) is 2.16. The van der Waals surface area contributed by atoms with Crippen LogP contribution in [-0.4, -0.2) is 14.1 Å². The topological polar surface area (TPSA) is 3.24 Å². The van der Waals surface area contributed by atoms with E-state index < -0.39 is 0 Å². The second-order valence-electron chi connectivity index (χ2n) is 4.28. The zero-order valence-corrected chi connectivity index (χ0v) is 10.1. The van der Waals surface area contributed by atoms with Crippen molar-refractivity contribution in [3.63, 3.8) is 0 Å². The van der Waals surface area contributed by atoms with Gasteiger partial charge in [-0.05, 0) is 24.1 Å². The van der Waals surface area contributed by atoms with Crippen LogP contribution in [0.5, 0.6) is 0 Å². The molecule has 1 nitrogen and oxygen atoms in total. The van der Waals surface area contributed by atoms with E-state index in [1.54, 1.807) is 0 Å². The maximum Gasteiger partial charge on any atom is 0.0443 e. The number of aryl methyl sites for hydroxylation is 1. The highest BCUT2D eigenvalue weighted by Gasteiger charge is 2.06. The molecule has 0 heterocycles. The smallest absolute Gasteiger partial charge is 0.0443 e. The molecule has 0 spiro atoms.